The fourth-order valence-corrected chi connectivity index (χ4v) is 2.86. The van der Waals surface area contributed by atoms with Crippen molar-refractivity contribution in [2.45, 2.75) is 46.3 Å². The number of aromatic nitrogens is 3. The van der Waals surface area contributed by atoms with Crippen molar-refractivity contribution in [2.75, 3.05) is 6.54 Å². The van der Waals surface area contributed by atoms with Crippen LogP contribution in [0.4, 0.5) is 0 Å². The SMILES string of the molecule is CCNC(=NCc1ccc(C(=O)NC(C)CC)cc1)NCc1nnc2ccccn12. The van der Waals surface area contributed by atoms with E-state index in [1.807, 2.05) is 73.8 Å². The summed E-state index contributed by atoms with van der Waals surface area (Å²) < 4.78 is 1.94. The maximum absolute atomic E-state index is 12.2. The largest absolute Gasteiger partial charge is 0.357 e. The molecule has 3 rings (SSSR count). The molecule has 2 aromatic heterocycles. The van der Waals surface area contributed by atoms with Gasteiger partial charge in [-0.2, -0.15) is 0 Å². The molecule has 1 atom stereocenters. The Kier molecular flexibility index (Phi) is 7.37. The average Bonchev–Trinajstić information content (AvgIpc) is 3.19. The van der Waals surface area contributed by atoms with Crippen LogP contribution in [0, 0.1) is 0 Å². The first-order chi connectivity index (χ1) is 14.6. The fraction of sp³-hybridized carbons (Fsp3) is 0.364. The smallest absolute Gasteiger partial charge is 0.251 e. The Labute approximate surface area is 176 Å². The lowest BCUT2D eigenvalue weighted by Crippen LogP contribution is -2.37. The number of benzene rings is 1. The van der Waals surface area contributed by atoms with E-state index in [4.69, 9.17) is 0 Å². The van der Waals surface area contributed by atoms with Crippen molar-refractivity contribution >= 4 is 17.5 Å². The van der Waals surface area contributed by atoms with Crippen molar-refractivity contribution in [3.63, 3.8) is 0 Å². The second kappa shape index (κ2) is 10.4. The fourth-order valence-electron chi connectivity index (χ4n) is 2.86. The van der Waals surface area contributed by atoms with E-state index < -0.39 is 0 Å². The third kappa shape index (κ3) is 5.56. The maximum Gasteiger partial charge on any atom is 0.251 e. The van der Waals surface area contributed by atoms with Gasteiger partial charge in [-0.3, -0.25) is 9.20 Å². The number of pyridine rings is 1. The van der Waals surface area contributed by atoms with Crippen LogP contribution < -0.4 is 16.0 Å². The summed E-state index contributed by atoms with van der Waals surface area (Å²) in [6.07, 6.45) is 2.85. The van der Waals surface area contributed by atoms with E-state index in [1.165, 1.54) is 0 Å². The molecular weight excluding hydrogens is 378 g/mol. The Bertz CT molecular complexity index is 994. The van der Waals surface area contributed by atoms with E-state index in [9.17, 15) is 4.79 Å². The van der Waals surface area contributed by atoms with Crippen LogP contribution in [0.5, 0.6) is 0 Å². The second-order valence-electron chi connectivity index (χ2n) is 7.07. The summed E-state index contributed by atoms with van der Waals surface area (Å²) in [6.45, 7) is 7.83. The molecule has 0 aliphatic heterocycles. The van der Waals surface area contributed by atoms with Crippen LogP contribution in [0.2, 0.25) is 0 Å². The first-order valence-corrected chi connectivity index (χ1v) is 10.3. The zero-order valence-corrected chi connectivity index (χ0v) is 17.7. The van der Waals surface area contributed by atoms with Gasteiger partial charge in [0.2, 0.25) is 0 Å². The van der Waals surface area contributed by atoms with Crippen molar-refractivity contribution in [3.05, 3.63) is 65.6 Å². The number of guanidine groups is 1. The molecule has 30 heavy (non-hydrogen) atoms. The normalized spacial score (nSPS) is 12.6. The number of hydrogen-bond donors (Lipinski definition) is 3. The third-order valence-corrected chi connectivity index (χ3v) is 4.77. The van der Waals surface area contributed by atoms with Crippen LogP contribution in [0.15, 0.2) is 53.7 Å². The van der Waals surface area contributed by atoms with Gasteiger partial charge < -0.3 is 16.0 Å². The highest BCUT2D eigenvalue weighted by Crippen LogP contribution is 2.07. The number of amides is 1. The average molecular weight is 408 g/mol. The molecule has 3 aromatic rings. The lowest BCUT2D eigenvalue weighted by Gasteiger charge is -2.12. The monoisotopic (exact) mass is 407 g/mol. The van der Waals surface area contributed by atoms with Gasteiger partial charge in [-0.25, -0.2) is 4.99 Å². The summed E-state index contributed by atoms with van der Waals surface area (Å²) in [6, 6.07) is 13.5. The molecule has 0 saturated carbocycles. The number of hydrogen-bond acceptors (Lipinski definition) is 4. The molecular formula is C22H29N7O. The predicted octanol–water partition coefficient (Wildman–Crippen LogP) is 2.51. The summed E-state index contributed by atoms with van der Waals surface area (Å²) >= 11 is 0. The number of rotatable bonds is 8. The first-order valence-electron chi connectivity index (χ1n) is 10.3. The van der Waals surface area contributed by atoms with Crippen molar-refractivity contribution in [1.82, 2.24) is 30.5 Å². The number of carbonyl (C=O) groups excluding carboxylic acids is 1. The Hall–Kier alpha value is -3.42. The zero-order valence-electron chi connectivity index (χ0n) is 17.7. The molecule has 2 heterocycles. The van der Waals surface area contributed by atoms with E-state index in [-0.39, 0.29) is 11.9 Å². The molecule has 0 bridgehead atoms. The van der Waals surface area contributed by atoms with Crippen LogP contribution in [0.25, 0.3) is 5.65 Å². The molecule has 0 radical (unpaired) electrons. The van der Waals surface area contributed by atoms with Gasteiger partial charge in [-0.05, 0) is 50.1 Å². The predicted molar refractivity (Wildman–Crippen MR) is 118 cm³/mol. The minimum absolute atomic E-state index is 0.0464. The molecule has 1 amide bonds. The van der Waals surface area contributed by atoms with Gasteiger partial charge in [-0.15, -0.1) is 10.2 Å². The highest BCUT2D eigenvalue weighted by atomic mass is 16.1. The number of nitrogens with zero attached hydrogens (tertiary/aromatic N) is 4. The van der Waals surface area contributed by atoms with Crippen molar-refractivity contribution in [3.8, 4) is 0 Å². The van der Waals surface area contributed by atoms with Gasteiger partial charge >= 0.3 is 0 Å². The van der Waals surface area contributed by atoms with Crippen molar-refractivity contribution in [2.24, 2.45) is 4.99 Å². The van der Waals surface area contributed by atoms with Crippen molar-refractivity contribution in [1.29, 1.82) is 0 Å². The Balaban J connectivity index is 1.61. The molecule has 0 aliphatic carbocycles. The topological polar surface area (TPSA) is 95.7 Å². The Morgan fingerprint density at radius 3 is 2.63 bits per heavy atom. The molecule has 1 unspecified atom stereocenters. The highest BCUT2D eigenvalue weighted by molar-refractivity contribution is 5.94. The lowest BCUT2D eigenvalue weighted by atomic mass is 10.1. The summed E-state index contributed by atoms with van der Waals surface area (Å²) in [7, 11) is 0. The third-order valence-electron chi connectivity index (χ3n) is 4.77. The number of fused-ring (bicyclic) bond motifs is 1. The minimum Gasteiger partial charge on any atom is -0.357 e. The van der Waals surface area contributed by atoms with Gasteiger partial charge in [0.1, 0.15) is 0 Å². The second-order valence-corrected chi connectivity index (χ2v) is 7.07. The van der Waals surface area contributed by atoms with Gasteiger partial charge in [-0.1, -0.05) is 25.1 Å². The van der Waals surface area contributed by atoms with E-state index in [0.29, 0.717) is 24.6 Å². The highest BCUT2D eigenvalue weighted by Gasteiger charge is 2.09. The van der Waals surface area contributed by atoms with Crippen LogP contribution in [0.3, 0.4) is 0 Å². The van der Waals surface area contributed by atoms with E-state index in [2.05, 4.69) is 31.1 Å². The van der Waals surface area contributed by atoms with Crippen LogP contribution >= 0.6 is 0 Å². The molecule has 8 heteroatoms. The van der Waals surface area contributed by atoms with Crippen LogP contribution in [0.1, 0.15) is 48.9 Å². The van der Waals surface area contributed by atoms with Crippen LogP contribution in [-0.2, 0) is 13.1 Å². The van der Waals surface area contributed by atoms with Crippen LogP contribution in [-0.4, -0.2) is 39.1 Å². The van der Waals surface area contributed by atoms with E-state index in [1.54, 1.807) is 0 Å². The molecule has 0 spiro atoms. The molecule has 0 saturated heterocycles. The van der Waals surface area contributed by atoms with Gasteiger partial charge in [0, 0.05) is 24.3 Å². The molecule has 0 aliphatic rings. The molecule has 0 fully saturated rings. The summed E-state index contributed by atoms with van der Waals surface area (Å²) in [4.78, 5) is 16.8. The summed E-state index contributed by atoms with van der Waals surface area (Å²) in [5.41, 5.74) is 2.50. The Morgan fingerprint density at radius 1 is 1.10 bits per heavy atom. The van der Waals surface area contributed by atoms with Gasteiger partial charge in [0.25, 0.3) is 5.91 Å². The van der Waals surface area contributed by atoms with E-state index in [0.717, 1.165) is 30.0 Å². The Morgan fingerprint density at radius 2 is 1.90 bits per heavy atom. The standard InChI is InChI=1S/C22H29N7O/c1-4-16(3)26-21(30)18-11-9-17(10-12-18)14-24-22(23-5-2)25-15-20-28-27-19-8-6-7-13-29(19)20/h6-13,16H,4-5,14-15H2,1-3H3,(H,26,30)(H2,23,24,25). The zero-order chi connectivity index (χ0) is 21.3. The van der Waals surface area contributed by atoms with Crippen molar-refractivity contribution < 1.29 is 4.79 Å². The first kappa shape index (κ1) is 21.3. The summed E-state index contributed by atoms with van der Waals surface area (Å²) in [5, 5.41) is 17.9. The molecule has 8 nitrogen and oxygen atoms in total. The molecule has 3 N–H and O–H groups in total. The van der Waals surface area contributed by atoms with E-state index >= 15 is 0 Å². The number of nitrogens with one attached hydrogen (secondary N) is 3. The summed E-state index contributed by atoms with van der Waals surface area (Å²) in [5.74, 6) is 1.46. The molecule has 1 aromatic carbocycles. The molecule has 158 valence electrons. The quantitative estimate of drug-likeness (QED) is 0.394. The number of aliphatic imine (C=N–C) groups is 1. The minimum atomic E-state index is -0.0464. The van der Waals surface area contributed by atoms with Gasteiger partial charge in [0.15, 0.2) is 17.4 Å². The van der Waals surface area contributed by atoms with Gasteiger partial charge in [0.05, 0.1) is 13.1 Å². The lowest BCUT2D eigenvalue weighted by molar-refractivity contribution is 0.0939. The maximum atomic E-state index is 12.2. The number of carbonyl (C=O) groups is 1.